The van der Waals surface area contributed by atoms with Gasteiger partial charge >= 0.3 is 6.02 Å². The molecule has 0 fully saturated rings. The maximum atomic E-state index is 5.25. The Morgan fingerprint density at radius 2 is 2.17 bits per heavy atom. The molecule has 3 heteroatoms. The average molecular weight is 168 g/mol. The molecule has 12 heavy (non-hydrogen) atoms. The summed E-state index contributed by atoms with van der Waals surface area (Å²) in [5.74, 6) is 0. The van der Waals surface area contributed by atoms with Gasteiger partial charge in [-0.3, -0.25) is 0 Å². The Morgan fingerprint density at radius 1 is 1.50 bits per heavy atom. The van der Waals surface area contributed by atoms with E-state index < -0.39 is 0 Å². The van der Waals surface area contributed by atoms with Gasteiger partial charge < -0.3 is 4.74 Å². The van der Waals surface area contributed by atoms with Crippen LogP contribution in [0, 0.1) is 0 Å². The SMILES string of the molecule is CCOC1=NC(C)(C)CC(C)=N1. The van der Waals surface area contributed by atoms with Gasteiger partial charge in [0.05, 0.1) is 12.1 Å². The van der Waals surface area contributed by atoms with E-state index in [2.05, 4.69) is 23.8 Å². The summed E-state index contributed by atoms with van der Waals surface area (Å²) in [6.07, 6.45) is 0.920. The Kier molecular flexibility index (Phi) is 2.50. The zero-order valence-corrected chi connectivity index (χ0v) is 8.22. The molecule has 0 radical (unpaired) electrons. The Labute approximate surface area is 73.6 Å². The molecule has 0 saturated heterocycles. The van der Waals surface area contributed by atoms with E-state index in [0.29, 0.717) is 12.6 Å². The summed E-state index contributed by atoms with van der Waals surface area (Å²) in [6.45, 7) is 8.75. The van der Waals surface area contributed by atoms with Gasteiger partial charge in [-0.15, -0.1) is 0 Å². The number of nitrogens with zero attached hydrogens (tertiary/aromatic N) is 2. The first kappa shape index (κ1) is 9.23. The lowest BCUT2D eigenvalue weighted by atomic mass is 9.98. The second kappa shape index (κ2) is 3.25. The molecule has 0 bridgehead atoms. The van der Waals surface area contributed by atoms with E-state index in [1.807, 2.05) is 13.8 Å². The number of aliphatic imine (C=N–C) groups is 2. The summed E-state index contributed by atoms with van der Waals surface area (Å²) in [4.78, 5) is 8.57. The van der Waals surface area contributed by atoms with Crippen LogP contribution in [0.25, 0.3) is 0 Å². The molecule has 1 aliphatic rings. The molecular formula is C9H16N2O. The highest BCUT2D eigenvalue weighted by Gasteiger charge is 2.23. The lowest BCUT2D eigenvalue weighted by Gasteiger charge is -2.23. The van der Waals surface area contributed by atoms with Gasteiger partial charge in [0.1, 0.15) is 0 Å². The molecule has 0 saturated carbocycles. The normalized spacial score (nSPS) is 21.3. The summed E-state index contributed by atoms with van der Waals surface area (Å²) in [5, 5.41) is 0. The van der Waals surface area contributed by atoms with Gasteiger partial charge in [-0.25, -0.2) is 9.98 Å². The smallest absolute Gasteiger partial charge is 0.312 e. The van der Waals surface area contributed by atoms with Crippen LogP contribution in [0.15, 0.2) is 9.98 Å². The molecule has 0 aromatic rings. The second-order valence-corrected chi connectivity index (χ2v) is 3.66. The third-order valence-corrected chi connectivity index (χ3v) is 1.65. The maximum Gasteiger partial charge on any atom is 0.312 e. The molecule has 0 atom stereocenters. The van der Waals surface area contributed by atoms with Crippen LogP contribution in [0.1, 0.15) is 34.1 Å². The van der Waals surface area contributed by atoms with Crippen LogP contribution in [-0.4, -0.2) is 23.9 Å². The van der Waals surface area contributed by atoms with Crippen molar-refractivity contribution in [2.45, 2.75) is 39.7 Å². The monoisotopic (exact) mass is 168 g/mol. The van der Waals surface area contributed by atoms with Crippen molar-refractivity contribution in [1.29, 1.82) is 0 Å². The standard InChI is InChI=1S/C9H16N2O/c1-5-12-8-10-7(2)6-9(3,4)11-8/h5-6H2,1-4H3. The van der Waals surface area contributed by atoms with Crippen LogP contribution in [0.2, 0.25) is 0 Å². The van der Waals surface area contributed by atoms with Gasteiger partial charge in [0.2, 0.25) is 0 Å². The van der Waals surface area contributed by atoms with Crippen LogP contribution in [0.4, 0.5) is 0 Å². The fourth-order valence-corrected chi connectivity index (χ4v) is 1.35. The van der Waals surface area contributed by atoms with Crippen molar-refractivity contribution < 1.29 is 4.74 Å². The molecule has 1 rings (SSSR count). The summed E-state index contributed by atoms with van der Waals surface area (Å²) in [6, 6.07) is 0.534. The van der Waals surface area contributed by atoms with Crippen molar-refractivity contribution in [3.05, 3.63) is 0 Å². The summed E-state index contributed by atoms with van der Waals surface area (Å²) < 4.78 is 5.25. The first-order valence-corrected chi connectivity index (χ1v) is 4.30. The van der Waals surface area contributed by atoms with Crippen molar-refractivity contribution >= 4 is 11.7 Å². The largest absolute Gasteiger partial charge is 0.464 e. The molecule has 0 aromatic heterocycles. The van der Waals surface area contributed by atoms with Crippen LogP contribution in [0.5, 0.6) is 0 Å². The first-order valence-electron chi connectivity index (χ1n) is 4.30. The Hall–Kier alpha value is -0.860. The lowest BCUT2D eigenvalue weighted by Crippen LogP contribution is -2.27. The number of hydrogen-bond donors (Lipinski definition) is 0. The molecule has 68 valence electrons. The van der Waals surface area contributed by atoms with E-state index in [1.54, 1.807) is 0 Å². The van der Waals surface area contributed by atoms with E-state index in [1.165, 1.54) is 0 Å². The van der Waals surface area contributed by atoms with Crippen molar-refractivity contribution in [2.75, 3.05) is 6.61 Å². The molecular weight excluding hydrogens is 152 g/mol. The molecule has 0 unspecified atom stereocenters. The molecule has 0 spiro atoms. The number of rotatable bonds is 1. The van der Waals surface area contributed by atoms with E-state index in [0.717, 1.165) is 12.1 Å². The number of ether oxygens (including phenoxy) is 1. The highest BCUT2D eigenvalue weighted by molar-refractivity contribution is 5.96. The minimum atomic E-state index is -0.0453. The van der Waals surface area contributed by atoms with E-state index in [4.69, 9.17) is 4.74 Å². The van der Waals surface area contributed by atoms with Gasteiger partial charge in [0.15, 0.2) is 0 Å². The molecule has 1 aliphatic heterocycles. The van der Waals surface area contributed by atoms with Crippen molar-refractivity contribution in [3.63, 3.8) is 0 Å². The van der Waals surface area contributed by atoms with Gasteiger partial charge in [0.25, 0.3) is 0 Å². The van der Waals surface area contributed by atoms with Crippen molar-refractivity contribution in [3.8, 4) is 0 Å². The molecule has 3 nitrogen and oxygen atoms in total. The van der Waals surface area contributed by atoms with Crippen LogP contribution in [0.3, 0.4) is 0 Å². The quantitative estimate of drug-likeness (QED) is 0.589. The fraction of sp³-hybridized carbons (Fsp3) is 0.778. The third kappa shape index (κ3) is 2.32. The Bertz CT molecular complexity index is 229. The second-order valence-electron chi connectivity index (χ2n) is 3.66. The van der Waals surface area contributed by atoms with Crippen molar-refractivity contribution in [1.82, 2.24) is 0 Å². The third-order valence-electron chi connectivity index (χ3n) is 1.65. The molecule has 0 aliphatic carbocycles. The summed E-state index contributed by atoms with van der Waals surface area (Å²) >= 11 is 0. The van der Waals surface area contributed by atoms with Crippen molar-refractivity contribution in [2.24, 2.45) is 9.98 Å². The predicted octanol–water partition coefficient (Wildman–Crippen LogP) is 2.02. The average Bonchev–Trinajstić information content (AvgIpc) is 1.82. The lowest BCUT2D eigenvalue weighted by molar-refractivity contribution is 0.311. The van der Waals surface area contributed by atoms with Gasteiger partial charge in [-0.05, 0) is 27.7 Å². The Balaban J connectivity index is 2.78. The fourth-order valence-electron chi connectivity index (χ4n) is 1.35. The zero-order valence-electron chi connectivity index (χ0n) is 8.22. The minimum Gasteiger partial charge on any atom is -0.464 e. The molecule has 0 N–H and O–H groups in total. The van der Waals surface area contributed by atoms with Gasteiger partial charge in [-0.1, -0.05) is 0 Å². The van der Waals surface area contributed by atoms with E-state index in [9.17, 15) is 0 Å². The first-order chi connectivity index (χ1) is 5.53. The van der Waals surface area contributed by atoms with Crippen LogP contribution >= 0.6 is 0 Å². The number of amidine groups is 1. The highest BCUT2D eigenvalue weighted by Crippen LogP contribution is 2.19. The summed E-state index contributed by atoms with van der Waals surface area (Å²) in [5.41, 5.74) is 1.05. The predicted molar refractivity (Wildman–Crippen MR) is 50.9 cm³/mol. The van der Waals surface area contributed by atoms with Crippen LogP contribution in [-0.2, 0) is 4.74 Å². The minimum absolute atomic E-state index is 0.0453. The zero-order chi connectivity index (χ0) is 9.19. The molecule has 1 heterocycles. The topological polar surface area (TPSA) is 34.0 Å². The number of hydrogen-bond acceptors (Lipinski definition) is 3. The summed E-state index contributed by atoms with van der Waals surface area (Å²) in [7, 11) is 0. The molecule has 0 aromatic carbocycles. The van der Waals surface area contributed by atoms with Gasteiger partial charge in [0, 0.05) is 12.1 Å². The van der Waals surface area contributed by atoms with E-state index in [-0.39, 0.29) is 5.54 Å². The highest BCUT2D eigenvalue weighted by atomic mass is 16.5. The maximum absolute atomic E-state index is 5.25. The molecule has 0 amide bonds. The van der Waals surface area contributed by atoms with E-state index >= 15 is 0 Å². The Morgan fingerprint density at radius 3 is 2.67 bits per heavy atom. The van der Waals surface area contributed by atoms with Crippen LogP contribution < -0.4 is 0 Å². The van der Waals surface area contributed by atoms with Gasteiger partial charge in [-0.2, -0.15) is 0 Å².